The molecule has 3 rings (SSSR count). The van der Waals surface area contributed by atoms with Crippen molar-refractivity contribution in [3.63, 3.8) is 0 Å². The number of hydrogen-bond acceptors (Lipinski definition) is 7. The van der Waals surface area contributed by atoms with Crippen molar-refractivity contribution in [3.05, 3.63) is 52.7 Å². The zero-order valence-electron chi connectivity index (χ0n) is 13.9. The van der Waals surface area contributed by atoms with Gasteiger partial charge in [-0.15, -0.1) is 10.2 Å². The third kappa shape index (κ3) is 3.05. The Labute approximate surface area is 138 Å². The van der Waals surface area contributed by atoms with Crippen molar-refractivity contribution < 1.29 is 18.5 Å². The molecule has 0 unspecified atom stereocenters. The highest BCUT2D eigenvalue weighted by Crippen LogP contribution is 2.24. The molecule has 7 heteroatoms. The number of aryl methyl sites for hydroxylation is 3. The van der Waals surface area contributed by atoms with Gasteiger partial charge in [0.25, 0.3) is 5.89 Å². The van der Waals surface area contributed by atoms with Gasteiger partial charge in [0.15, 0.2) is 6.10 Å². The molecule has 0 radical (unpaired) electrons. The van der Waals surface area contributed by atoms with E-state index in [2.05, 4.69) is 15.4 Å². The molecular formula is C17H17N3O4. The van der Waals surface area contributed by atoms with Crippen LogP contribution in [0.5, 0.6) is 0 Å². The number of ether oxygens (including phenoxy) is 1. The SMILES string of the molecule is Cc1ccc(-c2nnc([C@@H](C)OC(=O)c3c(C)noc3C)o2)cc1. The molecule has 1 atom stereocenters. The van der Waals surface area contributed by atoms with Crippen LogP contribution in [0, 0.1) is 20.8 Å². The van der Waals surface area contributed by atoms with Gasteiger partial charge < -0.3 is 13.7 Å². The zero-order chi connectivity index (χ0) is 17.3. The lowest BCUT2D eigenvalue weighted by molar-refractivity contribution is 0.0277. The van der Waals surface area contributed by atoms with Gasteiger partial charge in [-0.25, -0.2) is 4.79 Å². The zero-order valence-corrected chi connectivity index (χ0v) is 13.9. The van der Waals surface area contributed by atoms with E-state index in [1.54, 1.807) is 20.8 Å². The van der Waals surface area contributed by atoms with E-state index in [0.717, 1.165) is 11.1 Å². The Morgan fingerprint density at radius 2 is 1.83 bits per heavy atom. The Bertz CT molecular complexity index is 845. The fourth-order valence-corrected chi connectivity index (χ4v) is 2.26. The number of nitrogens with zero attached hydrogens (tertiary/aromatic N) is 3. The van der Waals surface area contributed by atoms with Crippen LogP contribution in [0.3, 0.4) is 0 Å². The van der Waals surface area contributed by atoms with Gasteiger partial charge in [0.05, 0.1) is 5.69 Å². The van der Waals surface area contributed by atoms with Crippen LogP contribution in [0.15, 0.2) is 33.2 Å². The number of rotatable bonds is 4. The average Bonchev–Trinajstić information content (AvgIpc) is 3.15. The molecule has 2 aromatic heterocycles. The lowest BCUT2D eigenvalue weighted by atomic mass is 10.1. The van der Waals surface area contributed by atoms with Gasteiger partial charge in [-0.1, -0.05) is 22.9 Å². The number of esters is 1. The summed E-state index contributed by atoms with van der Waals surface area (Å²) < 4.78 is 16.0. The highest BCUT2D eigenvalue weighted by molar-refractivity contribution is 5.91. The number of aromatic nitrogens is 3. The summed E-state index contributed by atoms with van der Waals surface area (Å²) in [7, 11) is 0. The van der Waals surface area contributed by atoms with E-state index in [1.807, 2.05) is 31.2 Å². The van der Waals surface area contributed by atoms with Crippen molar-refractivity contribution in [1.29, 1.82) is 0 Å². The van der Waals surface area contributed by atoms with Gasteiger partial charge >= 0.3 is 5.97 Å². The summed E-state index contributed by atoms with van der Waals surface area (Å²) in [5.41, 5.74) is 2.75. The molecule has 0 aliphatic carbocycles. The van der Waals surface area contributed by atoms with E-state index >= 15 is 0 Å². The van der Waals surface area contributed by atoms with E-state index in [9.17, 15) is 4.79 Å². The summed E-state index contributed by atoms with van der Waals surface area (Å²) in [6, 6.07) is 7.71. The van der Waals surface area contributed by atoms with Crippen molar-refractivity contribution in [1.82, 2.24) is 15.4 Å². The second kappa shape index (κ2) is 6.27. The van der Waals surface area contributed by atoms with E-state index in [0.29, 0.717) is 22.9 Å². The maximum Gasteiger partial charge on any atom is 0.344 e. The molecule has 0 amide bonds. The molecule has 124 valence electrons. The van der Waals surface area contributed by atoms with Crippen molar-refractivity contribution in [2.45, 2.75) is 33.8 Å². The maximum atomic E-state index is 12.2. The van der Waals surface area contributed by atoms with Crippen LogP contribution in [0.2, 0.25) is 0 Å². The summed E-state index contributed by atoms with van der Waals surface area (Å²) in [6.07, 6.45) is -0.683. The topological polar surface area (TPSA) is 91.2 Å². The van der Waals surface area contributed by atoms with Crippen molar-refractivity contribution in [3.8, 4) is 11.5 Å². The Morgan fingerprint density at radius 1 is 1.12 bits per heavy atom. The summed E-state index contributed by atoms with van der Waals surface area (Å²) in [4.78, 5) is 12.2. The lowest BCUT2D eigenvalue weighted by Crippen LogP contribution is -2.11. The monoisotopic (exact) mass is 327 g/mol. The van der Waals surface area contributed by atoms with E-state index in [4.69, 9.17) is 13.7 Å². The van der Waals surface area contributed by atoms with Gasteiger partial charge in [-0.2, -0.15) is 0 Å². The Balaban J connectivity index is 1.75. The standard InChI is InChI=1S/C17H17N3O4/c1-9-5-7-13(8-6-9)16-19-18-15(23-16)12(4)22-17(21)14-10(2)20-24-11(14)3/h5-8,12H,1-4H3/t12-/m1/s1. The van der Waals surface area contributed by atoms with Gasteiger partial charge in [-0.3, -0.25) is 0 Å². The van der Waals surface area contributed by atoms with Crippen LogP contribution < -0.4 is 0 Å². The molecule has 2 heterocycles. The van der Waals surface area contributed by atoms with Gasteiger partial charge in [-0.05, 0) is 39.8 Å². The Hall–Kier alpha value is -2.96. The van der Waals surface area contributed by atoms with Crippen LogP contribution in [0.4, 0.5) is 0 Å². The molecule has 0 aliphatic rings. The van der Waals surface area contributed by atoms with Crippen LogP contribution in [0.25, 0.3) is 11.5 Å². The third-order valence-electron chi connectivity index (χ3n) is 3.61. The number of carbonyl (C=O) groups excluding carboxylic acids is 1. The minimum absolute atomic E-state index is 0.227. The van der Waals surface area contributed by atoms with Crippen molar-refractivity contribution >= 4 is 5.97 Å². The second-order valence-electron chi connectivity index (χ2n) is 5.56. The Kier molecular flexibility index (Phi) is 4.16. The van der Waals surface area contributed by atoms with E-state index in [1.165, 1.54) is 0 Å². The predicted molar refractivity (Wildman–Crippen MR) is 84.3 cm³/mol. The minimum Gasteiger partial charge on any atom is -0.449 e. The van der Waals surface area contributed by atoms with Crippen molar-refractivity contribution in [2.75, 3.05) is 0 Å². The third-order valence-corrected chi connectivity index (χ3v) is 3.61. The highest BCUT2D eigenvalue weighted by Gasteiger charge is 2.24. The fourth-order valence-electron chi connectivity index (χ4n) is 2.26. The highest BCUT2D eigenvalue weighted by atomic mass is 16.6. The van der Waals surface area contributed by atoms with Crippen molar-refractivity contribution in [2.24, 2.45) is 0 Å². The molecule has 0 N–H and O–H groups in total. The summed E-state index contributed by atoms with van der Waals surface area (Å²) in [5, 5.41) is 11.7. The molecule has 3 aromatic rings. The maximum absolute atomic E-state index is 12.2. The van der Waals surface area contributed by atoms with E-state index < -0.39 is 12.1 Å². The van der Waals surface area contributed by atoms with Gasteiger partial charge in [0.1, 0.15) is 11.3 Å². The first-order valence-electron chi connectivity index (χ1n) is 7.50. The molecule has 0 bridgehead atoms. The predicted octanol–water partition coefficient (Wildman–Crippen LogP) is 3.57. The molecule has 7 nitrogen and oxygen atoms in total. The first-order valence-corrected chi connectivity index (χ1v) is 7.50. The normalized spacial score (nSPS) is 12.2. The summed E-state index contributed by atoms with van der Waals surface area (Å²) in [6.45, 7) is 7.01. The smallest absolute Gasteiger partial charge is 0.344 e. The molecule has 1 aromatic carbocycles. The first kappa shape index (κ1) is 15.9. The van der Waals surface area contributed by atoms with Gasteiger partial charge in [0, 0.05) is 5.56 Å². The molecule has 0 fully saturated rings. The molecule has 0 saturated carbocycles. The van der Waals surface area contributed by atoms with Crippen LogP contribution in [0.1, 0.15) is 46.3 Å². The van der Waals surface area contributed by atoms with Crippen LogP contribution in [-0.2, 0) is 4.74 Å². The number of benzene rings is 1. The number of carbonyl (C=O) groups is 1. The minimum atomic E-state index is -0.683. The molecule has 0 spiro atoms. The summed E-state index contributed by atoms with van der Waals surface area (Å²) >= 11 is 0. The molecule has 24 heavy (non-hydrogen) atoms. The largest absolute Gasteiger partial charge is 0.449 e. The summed E-state index contributed by atoms with van der Waals surface area (Å²) in [5.74, 6) is 0.486. The van der Waals surface area contributed by atoms with E-state index in [-0.39, 0.29) is 5.89 Å². The van der Waals surface area contributed by atoms with Crippen LogP contribution >= 0.6 is 0 Å². The molecule has 0 saturated heterocycles. The second-order valence-corrected chi connectivity index (χ2v) is 5.56. The first-order chi connectivity index (χ1) is 11.5. The number of hydrogen-bond donors (Lipinski definition) is 0. The molecular weight excluding hydrogens is 310 g/mol. The fraction of sp³-hybridized carbons (Fsp3) is 0.294. The quantitative estimate of drug-likeness (QED) is 0.676. The molecule has 0 aliphatic heterocycles. The lowest BCUT2D eigenvalue weighted by Gasteiger charge is -2.08. The van der Waals surface area contributed by atoms with Gasteiger partial charge in [0.2, 0.25) is 5.89 Å². The van der Waals surface area contributed by atoms with Crippen LogP contribution in [-0.4, -0.2) is 21.3 Å². The Morgan fingerprint density at radius 3 is 2.46 bits per heavy atom. The average molecular weight is 327 g/mol.